The number of hydrogen-bond acceptors (Lipinski definition) is 9. The van der Waals surface area contributed by atoms with Crippen molar-refractivity contribution in [2.24, 2.45) is 17.8 Å². The molecular formula is C40H52N4O10. The summed E-state index contributed by atoms with van der Waals surface area (Å²) in [5, 5.41) is 30.3. The maximum absolute atomic E-state index is 14.0. The van der Waals surface area contributed by atoms with Crippen LogP contribution in [-0.2, 0) is 30.4 Å². The van der Waals surface area contributed by atoms with Crippen LogP contribution < -0.4 is 26.9 Å². The van der Waals surface area contributed by atoms with Gasteiger partial charge in [0.15, 0.2) is 5.78 Å². The number of aryl methyl sites for hydroxylation is 1. The summed E-state index contributed by atoms with van der Waals surface area (Å²) in [5.41, 5.74) is 1.12. The normalized spacial score (nSPS) is 13.6. The second-order valence-electron chi connectivity index (χ2n) is 14.8. The third kappa shape index (κ3) is 12.8. The predicted octanol–water partition coefficient (Wildman–Crippen LogP) is 3.78. The molecule has 2 aromatic carbocycles. The number of phenols is 1. The van der Waals surface area contributed by atoms with Crippen LogP contribution in [0, 0.1) is 24.7 Å². The molecule has 0 aliphatic heterocycles. The maximum atomic E-state index is 14.0. The molecular weight excluding hydrogens is 696 g/mol. The number of carbonyl (C=O) groups excluding carboxylic acids is 5. The first-order chi connectivity index (χ1) is 25.3. The lowest BCUT2D eigenvalue weighted by atomic mass is 9.95. The van der Waals surface area contributed by atoms with E-state index in [0.717, 1.165) is 0 Å². The second-order valence-corrected chi connectivity index (χ2v) is 14.8. The number of amides is 4. The van der Waals surface area contributed by atoms with Crippen LogP contribution in [0.1, 0.15) is 88.7 Å². The molecule has 14 heteroatoms. The molecule has 0 saturated heterocycles. The monoisotopic (exact) mass is 748 g/mol. The molecule has 6 N–H and O–H groups in total. The summed E-state index contributed by atoms with van der Waals surface area (Å²) >= 11 is 0. The molecule has 4 amide bonds. The molecule has 3 aromatic rings. The van der Waals surface area contributed by atoms with Crippen molar-refractivity contribution in [3.8, 4) is 5.75 Å². The third-order valence-electron chi connectivity index (χ3n) is 8.76. The molecule has 3 rings (SSSR count). The molecule has 0 aliphatic carbocycles. The SMILES string of the molecule is Cc1cc(=O)oc2cc(C(=O)[C@H](Cc3ccc(O)cc3)NC(=O)[C@@H](NC(=O)[C@H](CC(C)C)NC(=O)[C@H](CC(C)C)NC(=O)CCC(=O)O)C(C)C)ccc12. The highest BCUT2D eigenvalue weighted by atomic mass is 16.4. The van der Waals surface area contributed by atoms with Crippen LogP contribution in [0.2, 0.25) is 0 Å². The van der Waals surface area contributed by atoms with Crippen molar-refractivity contribution in [3.05, 3.63) is 75.6 Å². The van der Waals surface area contributed by atoms with E-state index in [-0.39, 0.29) is 54.4 Å². The summed E-state index contributed by atoms with van der Waals surface area (Å²) in [7, 11) is 0. The Morgan fingerprint density at radius 1 is 0.704 bits per heavy atom. The first-order valence-electron chi connectivity index (χ1n) is 18.1. The quantitative estimate of drug-likeness (QED) is 0.0769. The van der Waals surface area contributed by atoms with E-state index in [4.69, 9.17) is 9.52 Å². The molecule has 14 nitrogen and oxygen atoms in total. The molecule has 0 radical (unpaired) electrons. The Hall–Kier alpha value is -5.53. The zero-order valence-corrected chi connectivity index (χ0v) is 31.9. The van der Waals surface area contributed by atoms with Crippen LogP contribution in [0.4, 0.5) is 0 Å². The number of carboxylic acids is 1. The van der Waals surface area contributed by atoms with Crippen molar-refractivity contribution >= 4 is 46.4 Å². The molecule has 0 spiro atoms. The van der Waals surface area contributed by atoms with Gasteiger partial charge in [-0.05, 0) is 66.8 Å². The van der Waals surface area contributed by atoms with Crippen molar-refractivity contribution in [2.75, 3.05) is 0 Å². The molecule has 1 aromatic heterocycles. The largest absolute Gasteiger partial charge is 0.508 e. The number of nitrogens with one attached hydrogen (secondary N) is 4. The van der Waals surface area contributed by atoms with Gasteiger partial charge in [0.25, 0.3) is 0 Å². The molecule has 0 aliphatic rings. The van der Waals surface area contributed by atoms with Crippen LogP contribution in [0.3, 0.4) is 0 Å². The lowest BCUT2D eigenvalue weighted by Crippen LogP contribution is -2.59. The highest BCUT2D eigenvalue weighted by Crippen LogP contribution is 2.21. The Morgan fingerprint density at radius 3 is 1.85 bits per heavy atom. The first kappa shape index (κ1) is 42.9. The first-order valence-corrected chi connectivity index (χ1v) is 18.1. The Bertz CT molecular complexity index is 1880. The van der Waals surface area contributed by atoms with E-state index in [2.05, 4.69) is 21.3 Å². The van der Waals surface area contributed by atoms with Crippen LogP contribution in [-0.4, -0.2) is 69.8 Å². The smallest absolute Gasteiger partial charge is 0.336 e. The lowest BCUT2D eigenvalue weighted by Gasteiger charge is -2.29. The number of rotatable bonds is 19. The van der Waals surface area contributed by atoms with Gasteiger partial charge in [-0.1, -0.05) is 65.8 Å². The third-order valence-corrected chi connectivity index (χ3v) is 8.76. The Morgan fingerprint density at radius 2 is 1.28 bits per heavy atom. The van der Waals surface area contributed by atoms with Gasteiger partial charge in [0.05, 0.1) is 12.5 Å². The Labute approximate surface area is 314 Å². The zero-order chi connectivity index (χ0) is 40.3. The van der Waals surface area contributed by atoms with Crippen molar-refractivity contribution in [2.45, 2.75) is 105 Å². The molecule has 54 heavy (non-hydrogen) atoms. The summed E-state index contributed by atoms with van der Waals surface area (Å²) in [4.78, 5) is 90.8. The number of hydrogen-bond donors (Lipinski definition) is 6. The van der Waals surface area contributed by atoms with Crippen molar-refractivity contribution in [1.29, 1.82) is 0 Å². The van der Waals surface area contributed by atoms with Gasteiger partial charge < -0.3 is 35.9 Å². The van der Waals surface area contributed by atoms with Gasteiger partial charge in [0.1, 0.15) is 29.5 Å². The van der Waals surface area contributed by atoms with Gasteiger partial charge in [-0.3, -0.25) is 28.8 Å². The van der Waals surface area contributed by atoms with E-state index in [9.17, 15) is 38.7 Å². The zero-order valence-electron chi connectivity index (χ0n) is 31.9. The molecule has 0 fully saturated rings. The fourth-order valence-electron chi connectivity index (χ4n) is 5.97. The summed E-state index contributed by atoms with van der Waals surface area (Å²) in [6, 6.07) is 7.79. The van der Waals surface area contributed by atoms with Gasteiger partial charge in [-0.25, -0.2) is 4.79 Å². The Kier molecular flexibility index (Phi) is 15.5. The molecule has 1 heterocycles. The number of ketones is 1. The molecule has 0 bridgehead atoms. The van der Waals surface area contributed by atoms with Crippen molar-refractivity contribution in [3.63, 3.8) is 0 Å². The summed E-state index contributed by atoms with van der Waals surface area (Å²) in [6.45, 7) is 12.6. The average Bonchev–Trinajstić information content (AvgIpc) is 3.08. The predicted molar refractivity (Wildman–Crippen MR) is 202 cm³/mol. The van der Waals surface area contributed by atoms with E-state index < -0.39 is 77.5 Å². The number of aliphatic carboxylic acids is 1. The fraction of sp³-hybridized carbons (Fsp3) is 0.475. The number of Topliss-reactive ketones (excluding diaryl/α,β-unsaturated/α-hetero) is 1. The topological polar surface area (TPSA) is 221 Å². The Balaban J connectivity index is 1.87. The maximum Gasteiger partial charge on any atom is 0.336 e. The van der Waals surface area contributed by atoms with Crippen LogP contribution in [0.25, 0.3) is 11.0 Å². The van der Waals surface area contributed by atoms with Crippen molar-refractivity contribution in [1.82, 2.24) is 21.3 Å². The van der Waals surface area contributed by atoms with E-state index in [1.54, 1.807) is 45.0 Å². The number of fused-ring (bicyclic) bond motifs is 1. The average molecular weight is 749 g/mol. The van der Waals surface area contributed by atoms with Gasteiger partial charge in [0.2, 0.25) is 23.6 Å². The van der Waals surface area contributed by atoms with Crippen LogP contribution in [0.5, 0.6) is 5.75 Å². The fourth-order valence-corrected chi connectivity index (χ4v) is 5.97. The van der Waals surface area contributed by atoms with E-state index in [1.807, 2.05) is 27.7 Å². The second kappa shape index (κ2) is 19.5. The highest BCUT2D eigenvalue weighted by Gasteiger charge is 2.33. The number of phenolic OH excluding ortho intramolecular Hbond substituents is 1. The minimum absolute atomic E-state index is 0.0207. The van der Waals surface area contributed by atoms with Crippen molar-refractivity contribution < 1.29 is 43.4 Å². The van der Waals surface area contributed by atoms with Gasteiger partial charge in [0, 0.05) is 29.9 Å². The molecule has 0 saturated carbocycles. The summed E-state index contributed by atoms with van der Waals surface area (Å²) in [5.74, 6) is -4.71. The van der Waals surface area contributed by atoms with E-state index in [1.165, 1.54) is 24.3 Å². The van der Waals surface area contributed by atoms with E-state index in [0.29, 0.717) is 16.5 Å². The number of aromatic hydroxyl groups is 1. The van der Waals surface area contributed by atoms with Crippen LogP contribution in [0.15, 0.2) is 57.7 Å². The highest BCUT2D eigenvalue weighted by molar-refractivity contribution is 6.05. The van der Waals surface area contributed by atoms with Crippen LogP contribution >= 0.6 is 0 Å². The molecule has 0 unspecified atom stereocenters. The number of benzene rings is 2. The number of carbonyl (C=O) groups is 6. The number of carboxylic acid groups (broad SMARTS) is 1. The summed E-state index contributed by atoms with van der Waals surface area (Å²) in [6.07, 6.45) is -0.255. The standard InChI is InChI=1S/C40H52N4O10/c1-21(2)16-30(41-33(46)14-15-34(47)48)38(51)43-31(17-22(3)4)39(52)44-36(23(5)6)40(53)42-29(19-25-8-11-27(45)12-9-25)37(50)26-10-13-28-24(7)18-35(49)54-32(28)20-26/h8-13,18,20-23,29-31,36,45H,14-17,19H2,1-7H3,(H,41,46)(H,42,53)(H,43,51)(H,44,52)(H,47,48)/t29-,30-,31-,36-/m0/s1. The molecule has 4 atom stereocenters. The lowest BCUT2D eigenvalue weighted by molar-refractivity contribution is -0.139. The molecule has 292 valence electrons. The van der Waals surface area contributed by atoms with Gasteiger partial charge in [-0.15, -0.1) is 0 Å². The summed E-state index contributed by atoms with van der Waals surface area (Å²) < 4.78 is 5.35. The van der Waals surface area contributed by atoms with Gasteiger partial charge >= 0.3 is 11.6 Å². The minimum atomic E-state index is -1.15. The van der Waals surface area contributed by atoms with Gasteiger partial charge in [-0.2, -0.15) is 0 Å². The minimum Gasteiger partial charge on any atom is -0.508 e. The van der Waals surface area contributed by atoms with E-state index >= 15 is 0 Å².